The first-order chi connectivity index (χ1) is 23.7. The predicted molar refractivity (Wildman–Crippen MR) is 197 cm³/mol. The molecule has 1 saturated heterocycles. The van der Waals surface area contributed by atoms with Crippen molar-refractivity contribution in [3.05, 3.63) is 59.5 Å². The lowest BCUT2D eigenvalue weighted by molar-refractivity contribution is -0.177. The normalized spacial score (nSPS) is 16.3. The summed E-state index contributed by atoms with van der Waals surface area (Å²) in [6, 6.07) is 10.4. The molecule has 1 fully saturated rings. The largest absolute Gasteiger partial charge is 0.496 e. The van der Waals surface area contributed by atoms with Gasteiger partial charge in [0.2, 0.25) is 5.79 Å². The van der Waals surface area contributed by atoms with Gasteiger partial charge < -0.3 is 32.8 Å². The van der Waals surface area contributed by atoms with E-state index in [9.17, 15) is 4.21 Å². The molecule has 12 nitrogen and oxygen atoms in total. The molecule has 0 spiro atoms. The maximum Gasteiger partial charge on any atom is 0.216 e. The van der Waals surface area contributed by atoms with Gasteiger partial charge in [0, 0.05) is 62.7 Å². The number of imidazole rings is 1. The quantitative estimate of drug-likeness (QED) is 0.0914. The number of rotatable bonds is 17. The summed E-state index contributed by atoms with van der Waals surface area (Å²) in [4.78, 5) is 9.83. The van der Waals surface area contributed by atoms with Gasteiger partial charge in [-0.25, -0.2) is 13.9 Å². The first kappa shape index (κ1) is 38.3. The zero-order valence-electron chi connectivity index (χ0n) is 31.0. The van der Waals surface area contributed by atoms with Crippen LogP contribution in [0, 0.1) is 13.8 Å². The molecule has 0 unspecified atom stereocenters. The molecule has 0 amide bonds. The van der Waals surface area contributed by atoms with Crippen molar-refractivity contribution in [2.45, 2.75) is 96.5 Å². The van der Waals surface area contributed by atoms with Crippen LogP contribution in [0.3, 0.4) is 0 Å². The van der Waals surface area contributed by atoms with E-state index < -0.39 is 35.6 Å². The second-order valence-electron chi connectivity index (χ2n) is 15.0. The number of aromatic nitrogens is 4. The average molecular weight is 728 g/mol. The van der Waals surface area contributed by atoms with Crippen molar-refractivity contribution >= 4 is 30.0 Å². The number of aryl methyl sites for hydroxylation is 2. The molecule has 4 aromatic rings. The van der Waals surface area contributed by atoms with Crippen LogP contribution in [-0.2, 0) is 42.5 Å². The second kappa shape index (κ2) is 16.1. The lowest BCUT2D eigenvalue weighted by Gasteiger charge is -2.26. The van der Waals surface area contributed by atoms with Crippen molar-refractivity contribution in [1.82, 2.24) is 24.4 Å². The Balaban J connectivity index is 1.41. The topological polar surface area (TPSA) is 132 Å². The molecule has 14 heteroatoms. The minimum atomic E-state index is -1.41. The molecule has 2 atom stereocenters. The van der Waals surface area contributed by atoms with Crippen molar-refractivity contribution in [2.24, 2.45) is 0 Å². The van der Waals surface area contributed by atoms with Gasteiger partial charge in [-0.3, -0.25) is 4.98 Å². The Kier molecular flexibility index (Phi) is 12.3. The number of nitrogens with zero attached hydrogens (tertiary/aromatic N) is 4. The SMILES string of the molecule is COc1cc2nc(C)ccc2cc1-c1cn(COCC[Si](C)(C)C)c([C@H](COCCCC2(c3cc(C)on3)OCCO2)N[S@](=O)C(C)(C)C)n1. The third kappa shape index (κ3) is 9.66. The highest BCUT2D eigenvalue weighted by Gasteiger charge is 2.41. The molecule has 4 heterocycles. The number of hydrogen-bond donors (Lipinski definition) is 1. The standard InChI is InChI=1S/C36H53N5O7SSi/c1-25-11-12-27-20-28(32(43-6)21-29(27)37-25)30-22-41(24-45-17-18-50(7,8)9)34(38-30)31(40-49(42)35(3,4)5)23-44-14-10-13-36(46-15-16-47-36)33-19-26(2)48-39-33/h11-12,19-22,31,40H,10,13-18,23-24H2,1-9H3/t31-,49+/m0/s1. The maximum absolute atomic E-state index is 13.6. The molecule has 5 rings (SSSR count). The van der Waals surface area contributed by atoms with Crippen molar-refractivity contribution in [3.63, 3.8) is 0 Å². The summed E-state index contributed by atoms with van der Waals surface area (Å²) >= 11 is 0. The summed E-state index contributed by atoms with van der Waals surface area (Å²) in [6.45, 7) is 19.2. The molecule has 50 heavy (non-hydrogen) atoms. The van der Waals surface area contributed by atoms with E-state index in [1.807, 2.05) is 63.6 Å². The Morgan fingerprint density at radius 3 is 2.48 bits per heavy atom. The zero-order valence-corrected chi connectivity index (χ0v) is 32.8. The number of methoxy groups -OCH3 is 1. The molecule has 0 aliphatic carbocycles. The van der Waals surface area contributed by atoms with E-state index in [-0.39, 0.29) is 13.3 Å². The van der Waals surface area contributed by atoms with E-state index in [1.165, 1.54) is 0 Å². The van der Waals surface area contributed by atoms with Crippen LogP contribution in [0.15, 0.2) is 41.1 Å². The monoisotopic (exact) mass is 727 g/mol. The summed E-state index contributed by atoms with van der Waals surface area (Å²) in [6.07, 6.45) is 3.16. The van der Waals surface area contributed by atoms with E-state index in [0.717, 1.165) is 28.2 Å². The highest BCUT2D eigenvalue weighted by atomic mass is 32.2. The Labute approximate surface area is 299 Å². The van der Waals surface area contributed by atoms with Crippen molar-refractivity contribution in [3.8, 4) is 17.0 Å². The second-order valence-corrected chi connectivity index (χ2v) is 22.6. The Morgan fingerprint density at radius 1 is 1.06 bits per heavy atom. The number of benzene rings is 1. The maximum atomic E-state index is 13.6. The highest BCUT2D eigenvalue weighted by molar-refractivity contribution is 7.84. The smallest absolute Gasteiger partial charge is 0.216 e. The average Bonchev–Trinajstić information content (AvgIpc) is 3.81. The van der Waals surface area contributed by atoms with E-state index in [1.54, 1.807) is 7.11 Å². The van der Waals surface area contributed by atoms with E-state index in [2.05, 4.69) is 46.6 Å². The third-order valence-corrected chi connectivity index (χ3v) is 11.7. The van der Waals surface area contributed by atoms with Gasteiger partial charge >= 0.3 is 0 Å². The Hall–Kier alpha value is -2.98. The van der Waals surface area contributed by atoms with E-state index >= 15 is 0 Å². The van der Waals surface area contributed by atoms with Crippen LogP contribution in [0.5, 0.6) is 5.75 Å². The molecule has 1 aliphatic rings. The summed E-state index contributed by atoms with van der Waals surface area (Å²) in [7, 11) is -1.05. The molecule has 0 saturated carbocycles. The fraction of sp³-hybridized carbons (Fsp3) is 0.583. The number of nitrogens with one attached hydrogen (secondary N) is 1. The first-order valence-electron chi connectivity index (χ1n) is 17.3. The van der Waals surface area contributed by atoms with Crippen LogP contribution >= 0.6 is 0 Å². The molecule has 1 aromatic carbocycles. The van der Waals surface area contributed by atoms with Crippen LogP contribution in [-0.4, -0.2) is 76.9 Å². The summed E-state index contributed by atoms with van der Waals surface area (Å²) in [5.74, 6) is 1.07. The molecule has 274 valence electrons. The van der Waals surface area contributed by atoms with Gasteiger partial charge in [-0.15, -0.1) is 0 Å². The number of hydrogen-bond acceptors (Lipinski definition) is 10. The van der Waals surface area contributed by atoms with Crippen molar-refractivity contribution < 1.29 is 32.4 Å². The lowest BCUT2D eigenvalue weighted by atomic mass is 10.1. The van der Waals surface area contributed by atoms with Gasteiger partial charge in [0.05, 0.1) is 53.9 Å². The highest BCUT2D eigenvalue weighted by Crippen LogP contribution is 2.36. The third-order valence-electron chi connectivity index (χ3n) is 8.43. The number of pyridine rings is 1. The van der Waals surface area contributed by atoms with Crippen molar-refractivity contribution in [1.29, 1.82) is 0 Å². The van der Waals surface area contributed by atoms with Gasteiger partial charge in [0.25, 0.3) is 0 Å². The van der Waals surface area contributed by atoms with E-state index in [4.69, 9.17) is 33.2 Å². The van der Waals surface area contributed by atoms with Gasteiger partial charge in [0.1, 0.15) is 35.8 Å². The summed E-state index contributed by atoms with van der Waals surface area (Å²) < 4.78 is 54.0. The molecular weight excluding hydrogens is 675 g/mol. The molecule has 0 bridgehead atoms. The summed E-state index contributed by atoms with van der Waals surface area (Å²) in [5, 5.41) is 5.14. The van der Waals surface area contributed by atoms with Crippen LogP contribution in [0.4, 0.5) is 0 Å². The molecular formula is C36H53N5O7SSi. The first-order valence-corrected chi connectivity index (χ1v) is 22.1. The fourth-order valence-electron chi connectivity index (χ4n) is 5.60. The minimum absolute atomic E-state index is 0.225. The zero-order chi connectivity index (χ0) is 36.1. The van der Waals surface area contributed by atoms with Gasteiger partial charge in [0.15, 0.2) is 0 Å². The number of fused-ring (bicyclic) bond motifs is 1. The van der Waals surface area contributed by atoms with Crippen LogP contribution in [0.1, 0.15) is 62.6 Å². The van der Waals surface area contributed by atoms with E-state index in [0.29, 0.717) is 68.0 Å². The predicted octanol–water partition coefficient (Wildman–Crippen LogP) is 6.81. The van der Waals surface area contributed by atoms with Crippen LogP contribution < -0.4 is 9.46 Å². The van der Waals surface area contributed by atoms with Crippen LogP contribution in [0.25, 0.3) is 22.2 Å². The van der Waals surface area contributed by atoms with Gasteiger partial charge in [-0.05, 0) is 59.2 Å². The molecule has 1 N–H and O–H groups in total. The molecule has 3 aromatic heterocycles. The lowest BCUT2D eigenvalue weighted by Crippen LogP contribution is -2.38. The Morgan fingerprint density at radius 2 is 1.82 bits per heavy atom. The molecule has 1 aliphatic heterocycles. The number of ether oxygens (including phenoxy) is 5. The van der Waals surface area contributed by atoms with Gasteiger partial charge in [-0.1, -0.05) is 30.9 Å². The van der Waals surface area contributed by atoms with Gasteiger partial charge in [-0.2, -0.15) is 0 Å². The Bertz CT molecular complexity index is 1760. The van der Waals surface area contributed by atoms with Crippen molar-refractivity contribution in [2.75, 3.05) is 40.1 Å². The fourth-order valence-corrected chi connectivity index (χ4v) is 7.14. The van der Waals surface area contributed by atoms with Crippen LogP contribution in [0.2, 0.25) is 25.7 Å². The summed E-state index contributed by atoms with van der Waals surface area (Å²) in [5.41, 5.74) is 3.95. The molecule has 0 radical (unpaired) electrons. The minimum Gasteiger partial charge on any atom is -0.496 e.